The number of phenols is 3. The molecule has 0 aliphatic heterocycles. The highest BCUT2D eigenvalue weighted by atomic mass is 16.5. The third-order valence-electron chi connectivity index (χ3n) is 5.39. The summed E-state index contributed by atoms with van der Waals surface area (Å²) in [7, 11) is 0. The maximum Gasteiger partial charge on any atom is 0.151 e. The number of anilines is 3. The quantitative estimate of drug-likeness (QED) is 0.320. The fourth-order valence-electron chi connectivity index (χ4n) is 3.50. The molecule has 0 aliphatic carbocycles. The van der Waals surface area contributed by atoms with Crippen molar-refractivity contribution in [3.8, 4) is 28.7 Å². The molecule has 0 saturated carbocycles. The maximum absolute atomic E-state index is 10.4. The number of aryl methyl sites for hydroxylation is 3. The molecule has 0 bridgehead atoms. The lowest BCUT2D eigenvalue weighted by Crippen LogP contribution is -2.11. The normalized spacial score (nSPS) is 10.7. The highest BCUT2D eigenvalue weighted by molar-refractivity contribution is 5.81. The van der Waals surface area contributed by atoms with Crippen LogP contribution in [0, 0.1) is 20.8 Å². The number of phenolic OH excluding ortho intramolecular Hbond substituents is 3. The van der Waals surface area contributed by atoms with Crippen LogP contribution in [-0.2, 0) is 0 Å². The number of nitrogens with zero attached hydrogens (tertiary/aromatic N) is 1. The largest absolute Gasteiger partial charge is 0.508 e. The molecule has 0 radical (unpaired) electrons. The first kappa shape index (κ1) is 21.1. The van der Waals surface area contributed by atoms with Crippen LogP contribution in [0.1, 0.15) is 16.7 Å². The Morgan fingerprint density at radius 3 is 1.75 bits per heavy atom. The third kappa shape index (κ3) is 4.18. The molecule has 3 N–H and O–H groups in total. The van der Waals surface area contributed by atoms with Gasteiger partial charge >= 0.3 is 0 Å². The summed E-state index contributed by atoms with van der Waals surface area (Å²) in [6.45, 7) is 5.54. The number of hydrogen-bond donors (Lipinski definition) is 3. The number of ether oxygens (including phenoxy) is 1. The summed E-state index contributed by atoms with van der Waals surface area (Å²) < 4.78 is 6.25. The van der Waals surface area contributed by atoms with Crippen LogP contribution >= 0.6 is 0 Å². The number of hydrogen-bond acceptors (Lipinski definition) is 5. The van der Waals surface area contributed by atoms with Crippen LogP contribution in [-0.4, -0.2) is 15.3 Å². The van der Waals surface area contributed by atoms with E-state index >= 15 is 0 Å². The number of para-hydroxylation sites is 2. The molecule has 0 unspecified atom stereocenters. The molecule has 5 heteroatoms. The molecule has 0 saturated heterocycles. The van der Waals surface area contributed by atoms with Crippen LogP contribution in [0.5, 0.6) is 28.7 Å². The zero-order valence-electron chi connectivity index (χ0n) is 18.2. The van der Waals surface area contributed by atoms with Crippen molar-refractivity contribution in [1.29, 1.82) is 0 Å². The van der Waals surface area contributed by atoms with E-state index in [2.05, 4.69) is 0 Å². The average molecular weight is 428 g/mol. The van der Waals surface area contributed by atoms with E-state index < -0.39 is 0 Å². The molecule has 0 amide bonds. The summed E-state index contributed by atoms with van der Waals surface area (Å²) in [4.78, 5) is 1.92. The van der Waals surface area contributed by atoms with Crippen LogP contribution in [0.25, 0.3) is 0 Å². The molecule has 0 aliphatic rings. The van der Waals surface area contributed by atoms with Gasteiger partial charge in [0.1, 0.15) is 23.0 Å². The predicted octanol–water partition coefficient (Wildman–Crippen LogP) is 6.99. The fraction of sp³-hybridized carbons (Fsp3) is 0.111. The van der Waals surface area contributed by atoms with Gasteiger partial charge in [0, 0.05) is 23.5 Å². The van der Waals surface area contributed by atoms with Crippen LogP contribution in [0.15, 0.2) is 78.9 Å². The van der Waals surface area contributed by atoms with E-state index in [9.17, 15) is 15.3 Å². The lowest BCUT2D eigenvalue weighted by molar-refractivity contribution is 0.462. The molecular formula is C27H25NO4. The van der Waals surface area contributed by atoms with E-state index in [0.717, 1.165) is 33.8 Å². The van der Waals surface area contributed by atoms with Crippen molar-refractivity contribution in [3.05, 3.63) is 95.6 Å². The summed E-state index contributed by atoms with van der Waals surface area (Å²) in [6.07, 6.45) is 0. The van der Waals surface area contributed by atoms with Crippen LogP contribution in [0.2, 0.25) is 0 Å². The van der Waals surface area contributed by atoms with Crippen molar-refractivity contribution >= 4 is 17.1 Å². The van der Waals surface area contributed by atoms with Crippen molar-refractivity contribution in [2.45, 2.75) is 20.8 Å². The highest BCUT2D eigenvalue weighted by Gasteiger charge is 2.19. The Labute approximate surface area is 187 Å². The van der Waals surface area contributed by atoms with Crippen LogP contribution in [0.3, 0.4) is 0 Å². The molecule has 4 rings (SSSR count). The second-order valence-electron chi connectivity index (χ2n) is 7.80. The SMILES string of the molecule is Cc1ccc(N(c2ccc(C)c(O)c2)c2ccccc2Oc2ccc(O)cc2C)cc1O. The molecule has 5 nitrogen and oxygen atoms in total. The minimum Gasteiger partial charge on any atom is -0.508 e. The number of rotatable bonds is 5. The Balaban J connectivity index is 1.88. The molecule has 4 aromatic carbocycles. The Bertz CT molecular complexity index is 1230. The Hall–Kier alpha value is -4.12. The summed E-state index contributed by atoms with van der Waals surface area (Å²) >= 11 is 0. The number of aromatic hydroxyl groups is 3. The first-order valence-corrected chi connectivity index (χ1v) is 10.3. The van der Waals surface area contributed by atoms with Crippen molar-refractivity contribution in [2.75, 3.05) is 4.90 Å². The van der Waals surface area contributed by atoms with Crippen LogP contribution < -0.4 is 9.64 Å². The first-order valence-electron chi connectivity index (χ1n) is 10.3. The highest BCUT2D eigenvalue weighted by Crippen LogP contribution is 2.44. The minimum absolute atomic E-state index is 0.176. The van der Waals surface area contributed by atoms with E-state index in [1.54, 1.807) is 30.3 Å². The lowest BCUT2D eigenvalue weighted by Gasteiger charge is -2.28. The molecule has 0 heterocycles. The monoisotopic (exact) mass is 427 g/mol. The van der Waals surface area contributed by atoms with E-state index in [1.165, 1.54) is 0 Å². The zero-order chi connectivity index (χ0) is 22.8. The fourth-order valence-corrected chi connectivity index (χ4v) is 3.50. The van der Waals surface area contributed by atoms with E-state index in [1.807, 2.05) is 74.2 Å². The zero-order valence-corrected chi connectivity index (χ0v) is 18.2. The first-order chi connectivity index (χ1) is 15.3. The minimum atomic E-state index is 0.176. The van der Waals surface area contributed by atoms with Crippen LogP contribution in [0.4, 0.5) is 17.1 Å². The van der Waals surface area contributed by atoms with E-state index in [-0.39, 0.29) is 17.2 Å². The van der Waals surface area contributed by atoms with Crippen molar-refractivity contribution in [2.24, 2.45) is 0 Å². The average Bonchev–Trinajstić information content (AvgIpc) is 2.76. The molecule has 162 valence electrons. The van der Waals surface area contributed by atoms with Gasteiger partial charge in [0.15, 0.2) is 5.75 Å². The smallest absolute Gasteiger partial charge is 0.151 e. The van der Waals surface area contributed by atoms with E-state index in [0.29, 0.717) is 11.5 Å². The second-order valence-corrected chi connectivity index (χ2v) is 7.80. The summed E-state index contributed by atoms with van der Waals surface area (Å²) in [5.74, 6) is 1.73. The second kappa shape index (κ2) is 8.55. The predicted molar refractivity (Wildman–Crippen MR) is 127 cm³/mol. The van der Waals surface area contributed by atoms with Gasteiger partial charge in [-0.05, 0) is 79.9 Å². The van der Waals surface area contributed by atoms with Gasteiger partial charge in [0.25, 0.3) is 0 Å². The molecular weight excluding hydrogens is 402 g/mol. The van der Waals surface area contributed by atoms with Crippen molar-refractivity contribution in [1.82, 2.24) is 0 Å². The molecule has 0 fully saturated rings. The molecule has 4 aromatic rings. The lowest BCUT2D eigenvalue weighted by atomic mass is 10.1. The van der Waals surface area contributed by atoms with Gasteiger partial charge < -0.3 is 25.0 Å². The van der Waals surface area contributed by atoms with Crippen molar-refractivity contribution in [3.63, 3.8) is 0 Å². The standard InChI is InChI=1S/C27H25NO4/c1-17-8-10-20(15-24(17)30)28(21-11-9-18(2)25(31)16-21)23-6-4-5-7-27(23)32-26-13-12-22(29)14-19(26)3/h4-16,29-31H,1-3H3. The van der Waals surface area contributed by atoms with Gasteiger partial charge in [-0.1, -0.05) is 24.3 Å². The van der Waals surface area contributed by atoms with Gasteiger partial charge in [-0.2, -0.15) is 0 Å². The van der Waals surface area contributed by atoms with E-state index in [4.69, 9.17) is 4.74 Å². The van der Waals surface area contributed by atoms with Gasteiger partial charge in [0.2, 0.25) is 0 Å². The number of benzene rings is 4. The molecule has 0 spiro atoms. The Kier molecular flexibility index (Phi) is 5.65. The molecule has 32 heavy (non-hydrogen) atoms. The topological polar surface area (TPSA) is 73.2 Å². The molecule has 0 atom stereocenters. The van der Waals surface area contributed by atoms with Gasteiger partial charge in [-0.3, -0.25) is 0 Å². The Morgan fingerprint density at radius 2 is 1.19 bits per heavy atom. The van der Waals surface area contributed by atoms with Gasteiger partial charge in [-0.15, -0.1) is 0 Å². The maximum atomic E-state index is 10.4. The molecule has 0 aromatic heterocycles. The van der Waals surface area contributed by atoms with Gasteiger partial charge in [0.05, 0.1) is 5.69 Å². The van der Waals surface area contributed by atoms with Gasteiger partial charge in [-0.25, -0.2) is 0 Å². The van der Waals surface area contributed by atoms with Crippen molar-refractivity contribution < 1.29 is 20.1 Å². The summed E-state index contributed by atoms with van der Waals surface area (Å²) in [5.41, 5.74) is 4.50. The summed E-state index contributed by atoms with van der Waals surface area (Å²) in [6, 6.07) is 23.4. The third-order valence-corrected chi connectivity index (χ3v) is 5.39. The Morgan fingerprint density at radius 1 is 0.594 bits per heavy atom. The summed E-state index contributed by atoms with van der Waals surface area (Å²) in [5, 5.41) is 30.5.